The predicted octanol–water partition coefficient (Wildman–Crippen LogP) is 4.66. The Morgan fingerprint density at radius 2 is 1.91 bits per heavy atom. The average Bonchev–Trinajstić information content (AvgIpc) is 2.52. The summed E-state index contributed by atoms with van der Waals surface area (Å²) in [4.78, 5) is 22.2. The van der Waals surface area contributed by atoms with Crippen LogP contribution in [0.15, 0.2) is 47.4 Å². The van der Waals surface area contributed by atoms with Crippen LogP contribution < -0.4 is 0 Å². The number of carboxylic acid groups (broad SMARTS) is 1. The Hall–Kier alpha value is -1.29. The van der Waals surface area contributed by atoms with Gasteiger partial charge in [-0.15, -0.1) is 11.8 Å². The van der Waals surface area contributed by atoms with Gasteiger partial charge >= 0.3 is 5.97 Å². The third-order valence-electron chi connectivity index (χ3n) is 3.65. The first kappa shape index (κ1) is 18.1. The Kier molecular flexibility index (Phi) is 6.28. The molecule has 4 nitrogen and oxygen atoms in total. The van der Waals surface area contributed by atoms with Gasteiger partial charge in [0.25, 0.3) is 0 Å². The molecule has 0 spiro atoms. The summed E-state index contributed by atoms with van der Waals surface area (Å²) < 4.78 is 12.3. The standard InChI is InChI=1S/C17H21O4PS/c1-2-5-15(17(18)19)11-22(20,21)12-23-16-9-8-13-6-3-4-7-14(13)10-16/h3-4,6-10,15H,2,5,11-12H2,1H3,(H,18,19)(H,20,21). The zero-order valence-electron chi connectivity index (χ0n) is 13.0. The maximum atomic E-state index is 12.3. The summed E-state index contributed by atoms with van der Waals surface area (Å²) in [7, 11) is -3.48. The van der Waals surface area contributed by atoms with Crippen molar-refractivity contribution in [2.24, 2.45) is 5.92 Å². The zero-order chi connectivity index (χ0) is 16.9. The van der Waals surface area contributed by atoms with Crippen LogP contribution in [-0.4, -0.2) is 27.6 Å². The highest BCUT2D eigenvalue weighted by atomic mass is 32.2. The number of fused-ring (bicyclic) bond motifs is 1. The van der Waals surface area contributed by atoms with Gasteiger partial charge in [-0.3, -0.25) is 9.36 Å². The summed E-state index contributed by atoms with van der Waals surface area (Å²) in [6.45, 7) is 1.88. The molecule has 2 rings (SSSR count). The minimum absolute atomic E-state index is 0.0405. The van der Waals surface area contributed by atoms with Gasteiger partial charge in [-0.2, -0.15) is 0 Å². The number of carbonyl (C=O) groups is 1. The van der Waals surface area contributed by atoms with Crippen LogP contribution in [0.4, 0.5) is 0 Å². The Labute approximate surface area is 140 Å². The van der Waals surface area contributed by atoms with Crippen LogP contribution in [0.2, 0.25) is 0 Å². The summed E-state index contributed by atoms with van der Waals surface area (Å²) in [6, 6.07) is 13.8. The molecule has 0 aliphatic heterocycles. The molecule has 0 aliphatic rings. The normalized spacial score (nSPS) is 15.2. The van der Waals surface area contributed by atoms with Crippen molar-refractivity contribution in [3.8, 4) is 0 Å². The molecular formula is C17H21O4PS. The first-order chi connectivity index (χ1) is 10.9. The van der Waals surface area contributed by atoms with E-state index in [4.69, 9.17) is 5.11 Å². The number of hydrogen-bond donors (Lipinski definition) is 2. The number of carboxylic acids is 1. The van der Waals surface area contributed by atoms with Gasteiger partial charge in [-0.25, -0.2) is 0 Å². The van der Waals surface area contributed by atoms with Crippen LogP contribution >= 0.6 is 19.1 Å². The molecule has 0 aromatic heterocycles. The molecule has 0 radical (unpaired) electrons. The third kappa shape index (κ3) is 5.38. The molecule has 0 fully saturated rings. The van der Waals surface area contributed by atoms with Crippen molar-refractivity contribution in [3.63, 3.8) is 0 Å². The molecule has 2 unspecified atom stereocenters. The molecule has 0 heterocycles. The molecule has 2 aromatic rings. The lowest BCUT2D eigenvalue weighted by atomic mass is 10.1. The van der Waals surface area contributed by atoms with Crippen LogP contribution in [0.1, 0.15) is 19.8 Å². The molecule has 0 saturated carbocycles. The topological polar surface area (TPSA) is 74.6 Å². The van der Waals surface area contributed by atoms with Crippen molar-refractivity contribution < 1.29 is 19.4 Å². The Balaban J connectivity index is 2.02. The van der Waals surface area contributed by atoms with Crippen molar-refractivity contribution in [1.29, 1.82) is 0 Å². The molecule has 6 heteroatoms. The molecule has 0 bridgehead atoms. The predicted molar refractivity (Wildman–Crippen MR) is 95.4 cm³/mol. The fourth-order valence-electron chi connectivity index (χ4n) is 2.47. The first-order valence-corrected chi connectivity index (χ1v) is 10.6. The van der Waals surface area contributed by atoms with E-state index in [2.05, 4.69) is 0 Å². The summed E-state index contributed by atoms with van der Waals surface area (Å²) in [5.74, 6) is -1.73. The molecule has 2 atom stereocenters. The number of benzene rings is 2. The monoisotopic (exact) mass is 352 g/mol. The minimum Gasteiger partial charge on any atom is -0.481 e. The molecule has 23 heavy (non-hydrogen) atoms. The van der Waals surface area contributed by atoms with Gasteiger partial charge in [0.2, 0.25) is 7.37 Å². The fourth-order valence-corrected chi connectivity index (χ4v) is 5.70. The highest BCUT2D eigenvalue weighted by Gasteiger charge is 2.28. The maximum Gasteiger partial charge on any atom is 0.307 e. The van der Waals surface area contributed by atoms with E-state index >= 15 is 0 Å². The Morgan fingerprint density at radius 3 is 2.57 bits per heavy atom. The molecule has 0 amide bonds. The van der Waals surface area contributed by atoms with E-state index in [0.29, 0.717) is 12.8 Å². The van der Waals surface area contributed by atoms with Crippen molar-refractivity contribution >= 4 is 35.9 Å². The lowest BCUT2D eigenvalue weighted by molar-refractivity contribution is -0.141. The zero-order valence-corrected chi connectivity index (χ0v) is 14.7. The van der Waals surface area contributed by atoms with E-state index < -0.39 is 19.3 Å². The van der Waals surface area contributed by atoms with Crippen molar-refractivity contribution in [2.75, 3.05) is 11.7 Å². The number of rotatable bonds is 8. The molecule has 2 aromatic carbocycles. The van der Waals surface area contributed by atoms with Gasteiger partial charge in [-0.1, -0.05) is 43.7 Å². The van der Waals surface area contributed by atoms with Crippen LogP contribution in [0.3, 0.4) is 0 Å². The van der Waals surface area contributed by atoms with Gasteiger partial charge in [0.05, 0.1) is 11.4 Å². The van der Waals surface area contributed by atoms with Gasteiger partial charge in [0, 0.05) is 11.1 Å². The van der Waals surface area contributed by atoms with Gasteiger partial charge in [0.1, 0.15) is 0 Å². The summed E-state index contributed by atoms with van der Waals surface area (Å²) in [5, 5.41) is 11.3. The van der Waals surface area contributed by atoms with E-state index in [-0.39, 0.29) is 11.7 Å². The number of thioether (sulfide) groups is 1. The largest absolute Gasteiger partial charge is 0.481 e. The lowest BCUT2D eigenvalue weighted by Gasteiger charge is -2.16. The molecule has 0 aliphatic carbocycles. The maximum absolute atomic E-state index is 12.3. The number of hydrogen-bond acceptors (Lipinski definition) is 3. The third-order valence-corrected chi connectivity index (χ3v) is 7.37. The van der Waals surface area contributed by atoms with Crippen LogP contribution in [0.5, 0.6) is 0 Å². The average molecular weight is 352 g/mol. The quantitative estimate of drug-likeness (QED) is 0.534. The van der Waals surface area contributed by atoms with E-state index in [1.54, 1.807) is 0 Å². The van der Waals surface area contributed by atoms with E-state index in [1.807, 2.05) is 49.4 Å². The van der Waals surface area contributed by atoms with E-state index in [0.717, 1.165) is 15.7 Å². The second kappa shape index (κ2) is 8.00. The van der Waals surface area contributed by atoms with Crippen molar-refractivity contribution in [3.05, 3.63) is 42.5 Å². The van der Waals surface area contributed by atoms with Crippen LogP contribution in [0.25, 0.3) is 10.8 Å². The number of aliphatic carboxylic acids is 1. The van der Waals surface area contributed by atoms with E-state index in [1.165, 1.54) is 11.8 Å². The smallest absolute Gasteiger partial charge is 0.307 e. The molecule has 124 valence electrons. The molecule has 2 N–H and O–H groups in total. The minimum atomic E-state index is -3.48. The molecular weight excluding hydrogens is 331 g/mol. The summed E-state index contributed by atoms with van der Waals surface area (Å²) >= 11 is 1.31. The Morgan fingerprint density at radius 1 is 1.22 bits per heavy atom. The van der Waals surface area contributed by atoms with Crippen molar-refractivity contribution in [2.45, 2.75) is 24.7 Å². The summed E-state index contributed by atoms with van der Waals surface area (Å²) in [5.41, 5.74) is 0.0405. The summed E-state index contributed by atoms with van der Waals surface area (Å²) in [6.07, 6.45) is 0.964. The van der Waals surface area contributed by atoms with E-state index in [9.17, 15) is 14.3 Å². The molecule has 0 saturated heterocycles. The van der Waals surface area contributed by atoms with Gasteiger partial charge in [0.15, 0.2) is 0 Å². The van der Waals surface area contributed by atoms with Crippen LogP contribution in [0, 0.1) is 5.92 Å². The van der Waals surface area contributed by atoms with Gasteiger partial charge < -0.3 is 10.00 Å². The fraction of sp³-hybridized carbons (Fsp3) is 0.353. The van der Waals surface area contributed by atoms with Gasteiger partial charge in [-0.05, 0) is 29.3 Å². The highest BCUT2D eigenvalue weighted by molar-refractivity contribution is 8.05. The first-order valence-electron chi connectivity index (χ1n) is 7.56. The van der Waals surface area contributed by atoms with Crippen LogP contribution in [-0.2, 0) is 9.36 Å². The lowest BCUT2D eigenvalue weighted by Crippen LogP contribution is -2.18. The Bertz CT molecular complexity index is 731. The second-order valence-corrected chi connectivity index (χ2v) is 9.49. The SMILES string of the molecule is CCCC(CP(=O)(O)CSc1ccc2ccccc2c1)C(=O)O. The van der Waals surface area contributed by atoms with Crippen molar-refractivity contribution in [1.82, 2.24) is 0 Å². The highest BCUT2D eigenvalue weighted by Crippen LogP contribution is 2.48. The second-order valence-electron chi connectivity index (χ2n) is 5.64.